The zero-order chi connectivity index (χ0) is 15.6. The van der Waals surface area contributed by atoms with Crippen molar-refractivity contribution in [2.24, 2.45) is 0 Å². The number of likely N-dealkylation sites (tertiary alicyclic amines) is 1. The molecule has 0 bridgehead atoms. The number of hydrogen-bond acceptors (Lipinski definition) is 3. The summed E-state index contributed by atoms with van der Waals surface area (Å²) >= 11 is 0. The number of aliphatic hydroxyl groups excluding tert-OH is 1. The van der Waals surface area contributed by atoms with Gasteiger partial charge in [0.1, 0.15) is 19.8 Å². The number of nitrogens with zero attached hydrogens (tertiary/aromatic N) is 1. The number of carbonyl (C=O) groups is 1. The molecule has 20 heavy (non-hydrogen) atoms. The predicted molar refractivity (Wildman–Crippen MR) is 83.1 cm³/mol. The van der Waals surface area contributed by atoms with Crippen LogP contribution in [0.2, 0.25) is 19.6 Å². The normalized spacial score (nSPS) is 21.1. The molecule has 1 saturated heterocycles. The van der Waals surface area contributed by atoms with Crippen molar-refractivity contribution in [3.8, 4) is 11.5 Å². The molecule has 0 saturated carbocycles. The van der Waals surface area contributed by atoms with Gasteiger partial charge in [0, 0.05) is 6.54 Å². The van der Waals surface area contributed by atoms with E-state index in [1.165, 1.54) is 0 Å². The van der Waals surface area contributed by atoms with Gasteiger partial charge >= 0.3 is 6.09 Å². The molecule has 0 unspecified atom stereocenters. The second-order valence-electron chi connectivity index (χ2n) is 7.35. The van der Waals surface area contributed by atoms with Crippen LogP contribution in [0.1, 0.15) is 33.6 Å². The van der Waals surface area contributed by atoms with E-state index in [1.807, 2.05) is 20.8 Å². The van der Waals surface area contributed by atoms with E-state index in [4.69, 9.17) is 4.74 Å². The Morgan fingerprint density at radius 2 is 2.00 bits per heavy atom. The zero-order valence-corrected chi connectivity index (χ0v) is 14.5. The number of hydrogen-bond donors (Lipinski definition) is 1. The van der Waals surface area contributed by atoms with Gasteiger partial charge in [-0.15, -0.1) is 5.54 Å². The summed E-state index contributed by atoms with van der Waals surface area (Å²) in [7, 11) is -1.51. The first-order valence-electron chi connectivity index (χ1n) is 7.20. The Bertz CT molecular complexity index is 412. The lowest BCUT2D eigenvalue weighted by molar-refractivity contribution is 0.0123. The van der Waals surface area contributed by atoms with Crippen LogP contribution in [0.4, 0.5) is 4.79 Å². The molecule has 114 valence electrons. The van der Waals surface area contributed by atoms with Gasteiger partial charge in [0.2, 0.25) is 0 Å². The van der Waals surface area contributed by atoms with E-state index in [9.17, 15) is 9.90 Å². The molecule has 0 radical (unpaired) electrons. The maximum Gasteiger partial charge on any atom is 0.410 e. The fourth-order valence-electron chi connectivity index (χ4n) is 2.05. The predicted octanol–water partition coefficient (Wildman–Crippen LogP) is 2.63. The van der Waals surface area contributed by atoms with Gasteiger partial charge < -0.3 is 14.7 Å². The Balaban J connectivity index is 2.74. The summed E-state index contributed by atoms with van der Waals surface area (Å²) in [6, 6.07) is -0.242. The highest BCUT2D eigenvalue weighted by Crippen LogP contribution is 2.23. The van der Waals surface area contributed by atoms with Crippen molar-refractivity contribution < 1.29 is 14.6 Å². The second-order valence-corrected chi connectivity index (χ2v) is 12.1. The first-order valence-corrected chi connectivity index (χ1v) is 10.7. The highest BCUT2D eigenvalue weighted by atomic mass is 28.3. The number of rotatable bonds is 1. The maximum absolute atomic E-state index is 12.1. The average Bonchev–Trinajstić information content (AvgIpc) is 2.71. The summed E-state index contributed by atoms with van der Waals surface area (Å²) in [5, 5.41) is 10.2. The summed E-state index contributed by atoms with van der Waals surface area (Å²) in [5.41, 5.74) is 2.65. The third-order valence-corrected chi connectivity index (χ3v) is 3.78. The van der Waals surface area contributed by atoms with E-state index in [-0.39, 0.29) is 12.1 Å². The third-order valence-electron chi connectivity index (χ3n) is 2.89. The lowest BCUT2D eigenvalue weighted by atomic mass is 10.1. The second kappa shape index (κ2) is 6.19. The van der Waals surface area contributed by atoms with Crippen LogP contribution in [0.5, 0.6) is 0 Å². The van der Waals surface area contributed by atoms with E-state index in [0.29, 0.717) is 6.54 Å². The molecule has 1 heterocycles. The Hall–Kier alpha value is -0.993. The summed E-state index contributed by atoms with van der Waals surface area (Å²) < 4.78 is 5.38. The Morgan fingerprint density at radius 3 is 2.50 bits per heavy atom. The van der Waals surface area contributed by atoms with Crippen LogP contribution in [0, 0.1) is 11.5 Å². The molecule has 1 fully saturated rings. The van der Waals surface area contributed by atoms with E-state index in [0.717, 1.165) is 12.8 Å². The van der Waals surface area contributed by atoms with Crippen molar-refractivity contribution in [3.63, 3.8) is 0 Å². The van der Waals surface area contributed by atoms with Crippen molar-refractivity contribution >= 4 is 14.2 Å². The van der Waals surface area contributed by atoms with Crippen LogP contribution < -0.4 is 0 Å². The van der Waals surface area contributed by atoms with Gasteiger partial charge in [-0.2, -0.15) is 0 Å². The van der Waals surface area contributed by atoms with Crippen LogP contribution in [0.15, 0.2) is 0 Å². The zero-order valence-electron chi connectivity index (χ0n) is 13.5. The van der Waals surface area contributed by atoms with Gasteiger partial charge in [-0.3, -0.25) is 0 Å². The van der Waals surface area contributed by atoms with E-state index >= 15 is 0 Å². The molecule has 1 aliphatic rings. The fraction of sp³-hybridized carbons (Fsp3) is 0.800. The van der Waals surface area contributed by atoms with Crippen molar-refractivity contribution in [2.75, 3.05) is 6.54 Å². The first-order chi connectivity index (χ1) is 8.99. The highest BCUT2D eigenvalue weighted by molar-refractivity contribution is 6.83. The van der Waals surface area contributed by atoms with Crippen molar-refractivity contribution in [1.82, 2.24) is 4.90 Å². The summed E-state index contributed by atoms with van der Waals surface area (Å²) in [6.07, 6.45) is 0.529. The van der Waals surface area contributed by atoms with Crippen LogP contribution in [-0.2, 0) is 4.74 Å². The minimum atomic E-state index is -1.51. The van der Waals surface area contributed by atoms with E-state index in [1.54, 1.807) is 4.90 Å². The van der Waals surface area contributed by atoms with Crippen LogP contribution in [-0.4, -0.2) is 48.5 Å². The average molecular weight is 297 g/mol. The van der Waals surface area contributed by atoms with Crippen LogP contribution in [0.25, 0.3) is 0 Å². The smallest absolute Gasteiger partial charge is 0.410 e. The van der Waals surface area contributed by atoms with Crippen LogP contribution >= 0.6 is 0 Å². The monoisotopic (exact) mass is 297 g/mol. The molecule has 1 amide bonds. The molecule has 4 nitrogen and oxygen atoms in total. The van der Waals surface area contributed by atoms with Crippen molar-refractivity contribution in [1.29, 1.82) is 0 Å². The molecule has 2 atom stereocenters. The summed E-state index contributed by atoms with van der Waals surface area (Å²) in [6.45, 7) is 12.6. The minimum absolute atomic E-state index is 0.242. The summed E-state index contributed by atoms with van der Waals surface area (Å²) in [4.78, 5) is 13.7. The lowest BCUT2D eigenvalue weighted by Gasteiger charge is -2.29. The number of ether oxygens (including phenoxy) is 1. The minimum Gasteiger partial charge on any atom is -0.444 e. The molecule has 0 aromatic carbocycles. The standard InChI is InChI=1S/C15H27NO3Si/c1-15(2,3)19-14(18)16-10-7-8-12(16)13(17)9-11-20(4,5)6/h12-13,17H,7-8,10H2,1-6H3/t12-,13+/m0/s1. The topological polar surface area (TPSA) is 49.8 Å². The quantitative estimate of drug-likeness (QED) is 0.598. The van der Waals surface area contributed by atoms with Gasteiger partial charge in [-0.1, -0.05) is 25.6 Å². The molecule has 1 aliphatic heterocycles. The first kappa shape index (κ1) is 17.1. The van der Waals surface area contributed by atoms with E-state index in [2.05, 4.69) is 31.1 Å². The Labute approximate surface area is 123 Å². The molecule has 5 heteroatoms. The molecular weight excluding hydrogens is 270 g/mol. The lowest BCUT2D eigenvalue weighted by Crippen LogP contribution is -2.44. The number of amides is 1. The van der Waals surface area contributed by atoms with Gasteiger partial charge in [0.05, 0.1) is 6.04 Å². The fourth-order valence-corrected chi connectivity index (χ4v) is 2.64. The highest BCUT2D eigenvalue weighted by Gasteiger charge is 2.35. The van der Waals surface area contributed by atoms with Gasteiger partial charge in [0.15, 0.2) is 0 Å². The molecule has 0 aliphatic carbocycles. The molecule has 0 aromatic rings. The number of carbonyl (C=O) groups excluding carboxylic acids is 1. The van der Waals surface area contributed by atoms with Crippen molar-refractivity contribution in [2.45, 2.75) is 71.0 Å². The van der Waals surface area contributed by atoms with Crippen molar-refractivity contribution in [3.05, 3.63) is 0 Å². The molecule has 1 rings (SSSR count). The van der Waals surface area contributed by atoms with Gasteiger partial charge in [0.25, 0.3) is 0 Å². The molecule has 0 aromatic heterocycles. The molecular formula is C15H27NO3Si. The number of aliphatic hydroxyl groups is 1. The van der Waals surface area contributed by atoms with E-state index < -0.39 is 19.8 Å². The summed E-state index contributed by atoms with van der Waals surface area (Å²) in [5.74, 6) is 2.93. The Kier molecular flexibility index (Phi) is 5.28. The molecule has 1 N–H and O–H groups in total. The largest absolute Gasteiger partial charge is 0.444 e. The maximum atomic E-state index is 12.1. The Morgan fingerprint density at radius 1 is 1.40 bits per heavy atom. The molecule has 0 spiro atoms. The SMILES string of the molecule is CC(C)(C)OC(=O)N1CCC[C@H]1[C@H](O)C#C[Si](C)(C)C. The van der Waals surface area contributed by atoms with Gasteiger partial charge in [-0.05, 0) is 33.6 Å². The van der Waals surface area contributed by atoms with Gasteiger partial charge in [-0.25, -0.2) is 4.79 Å². The van der Waals surface area contributed by atoms with Crippen LogP contribution in [0.3, 0.4) is 0 Å². The third kappa shape index (κ3) is 5.56.